The third-order valence-corrected chi connectivity index (χ3v) is 4.34. The fourth-order valence-electron chi connectivity index (χ4n) is 2.45. The van der Waals surface area contributed by atoms with Crippen LogP contribution in [0.5, 0.6) is 0 Å². The summed E-state index contributed by atoms with van der Waals surface area (Å²) in [6.07, 6.45) is 0. The molecule has 2 aromatic rings. The van der Waals surface area contributed by atoms with E-state index in [-0.39, 0.29) is 18.2 Å². The Morgan fingerprint density at radius 3 is 1.75 bits per heavy atom. The minimum absolute atomic E-state index is 0.230. The molecule has 0 spiro atoms. The van der Waals surface area contributed by atoms with Gasteiger partial charge >= 0.3 is 5.97 Å². The van der Waals surface area contributed by atoms with E-state index in [4.69, 9.17) is 4.74 Å². The van der Waals surface area contributed by atoms with Crippen molar-refractivity contribution < 1.29 is 9.53 Å². The molecule has 2 aromatic carbocycles. The first-order chi connectivity index (χ1) is 11.5. The van der Waals surface area contributed by atoms with Crippen LogP contribution in [0.2, 0.25) is 0 Å². The van der Waals surface area contributed by atoms with Gasteiger partial charge in [-0.1, -0.05) is 36.4 Å². The minimum Gasteiger partial charge on any atom is -0.457 e. The maximum absolute atomic E-state index is 12.1. The van der Waals surface area contributed by atoms with Crippen LogP contribution >= 0.6 is 0 Å². The SMILES string of the molecule is CC1(c2ccc(COC(=O)c3ccc(C4(C)N=N4)cc3)cc2)N=N1. The maximum Gasteiger partial charge on any atom is 0.338 e. The third-order valence-electron chi connectivity index (χ3n) is 4.34. The summed E-state index contributed by atoms with van der Waals surface area (Å²) in [6, 6.07) is 15.0. The number of rotatable bonds is 5. The molecule has 0 bridgehead atoms. The van der Waals surface area contributed by atoms with Gasteiger partial charge in [0.15, 0.2) is 0 Å². The second kappa shape index (κ2) is 5.06. The number of esters is 1. The van der Waals surface area contributed by atoms with Crippen molar-refractivity contribution in [1.82, 2.24) is 0 Å². The van der Waals surface area contributed by atoms with E-state index in [2.05, 4.69) is 20.5 Å². The van der Waals surface area contributed by atoms with Crippen molar-refractivity contribution in [3.63, 3.8) is 0 Å². The lowest BCUT2D eigenvalue weighted by Crippen LogP contribution is -2.07. The summed E-state index contributed by atoms with van der Waals surface area (Å²) < 4.78 is 5.36. The van der Waals surface area contributed by atoms with Crippen LogP contribution in [0.25, 0.3) is 0 Å². The highest BCUT2D eigenvalue weighted by Gasteiger charge is 2.36. The highest BCUT2D eigenvalue weighted by Crippen LogP contribution is 2.39. The standard InChI is InChI=1S/C18H16N4O2/c1-17(19-20-17)14-7-3-12(4-8-14)11-24-16(23)13-5-9-15(10-6-13)18(2)21-22-18/h3-10H,11H2,1-2H3. The van der Waals surface area contributed by atoms with Gasteiger partial charge in [-0.15, -0.1) is 0 Å². The van der Waals surface area contributed by atoms with Gasteiger partial charge in [-0.3, -0.25) is 0 Å². The Bertz CT molecular complexity index is 842. The zero-order chi connectivity index (χ0) is 16.8. The van der Waals surface area contributed by atoms with Gasteiger partial charge < -0.3 is 4.74 Å². The Hall–Kier alpha value is -2.89. The van der Waals surface area contributed by atoms with E-state index in [1.165, 1.54) is 0 Å². The molecule has 2 aliphatic heterocycles. The van der Waals surface area contributed by atoms with E-state index in [1.807, 2.05) is 50.2 Å². The fraction of sp³-hybridized carbons (Fsp3) is 0.278. The molecular formula is C18H16N4O2. The molecule has 4 rings (SSSR count). The van der Waals surface area contributed by atoms with Gasteiger partial charge in [-0.05, 0) is 31.5 Å². The van der Waals surface area contributed by atoms with Crippen molar-refractivity contribution in [2.45, 2.75) is 31.8 Å². The van der Waals surface area contributed by atoms with Crippen LogP contribution in [-0.2, 0) is 22.7 Å². The van der Waals surface area contributed by atoms with Crippen molar-refractivity contribution in [2.75, 3.05) is 0 Å². The van der Waals surface area contributed by atoms with E-state index in [0.717, 1.165) is 16.7 Å². The summed E-state index contributed by atoms with van der Waals surface area (Å²) in [5.41, 5.74) is 2.64. The van der Waals surface area contributed by atoms with E-state index >= 15 is 0 Å². The maximum atomic E-state index is 12.1. The van der Waals surface area contributed by atoms with Crippen molar-refractivity contribution in [2.24, 2.45) is 20.5 Å². The molecule has 6 heteroatoms. The molecule has 24 heavy (non-hydrogen) atoms. The third kappa shape index (κ3) is 2.71. The molecule has 0 saturated carbocycles. The number of benzene rings is 2. The summed E-state index contributed by atoms with van der Waals surface area (Å²) in [5.74, 6) is -0.348. The van der Waals surface area contributed by atoms with E-state index in [1.54, 1.807) is 12.1 Å². The smallest absolute Gasteiger partial charge is 0.338 e. The molecule has 0 amide bonds. The van der Waals surface area contributed by atoms with Gasteiger partial charge in [0.2, 0.25) is 11.3 Å². The number of ether oxygens (including phenoxy) is 1. The van der Waals surface area contributed by atoms with Gasteiger partial charge in [0.05, 0.1) is 5.56 Å². The average molecular weight is 320 g/mol. The minimum atomic E-state index is -0.430. The molecule has 0 atom stereocenters. The largest absolute Gasteiger partial charge is 0.457 e. The summed E-state index contributed by atoms with van der Waals surface area (Å²) in [6.45, 7) is 4.11. The van der Waals surface area contributed by atoms with Gasteiger partial charge in [-0.25, -0.2) is 4.79 Å². The average Bonchev–Trinajstić information content (AvgIpc) is 3.53. The molecule has 2 heterocycles. The highest BCUT2D eigenvalue weighted by molar-refractivity contribution is 5.89. The first kappa shape index (κ1) is 14.7. The lowest BCUT2D eigenvalue weighted by atomic mass is 10.0. The molecule has 0 aromatic heterocycles. The molecular weight excluding hydrogens is 304 g/mol. The van der Waals surface area contributed by atoms with Gasteiger partial charge in [0, 0.05) is 11.1 Å². The normalized spacial score (nSPS) is 18.2. The quantitative estimate of drug-likeness (QED) is 0.769. The molecule has 0 N–H and O–H groups in total. The zero-order valence-electron chi connectivity index (χ0n) is 13.4. The number of hydrogen-bond acceptors (Lipinski definition) is 6. The Morgan fingerprint density at radius 1 is 0.833 bits per heavy atom. The number of nitrogens with zero attached hydrogens (tertiary/aromatic N) is 4. The highest BCUT2D eigenvalue weighted by atomic mass is 16.5. The second-order valence-electron chi connectivity index (χ2n) is 6.29. The van der Waals surface area contributed by atoms with E-state index in [9.17, 15) is 4.79 Å². The Balaban J connectivity index is 1.36. The predicted molar refractivity (Wildman–Crippen MR) is 86.4 cm³/mol. The van der Waals surface area contributed by atoms with Gasteiger partial charge in [0.1, 0.15) is 6.61 Å². The Morgan fingerprint density at radius 2 is 1.29 bits per heavy atom. The number of carbonyl (C=O) groups is 1. The van der Waals surface area contributed by atoms with Crippen molar-refractivity contribution in [1.29, 1.82) is 0 Å². The zero-order valence-corrected chi connectivity index (χ0v) is 13.4. The van der Waals surface area contributed by atoms with E-state index in [0.29, 0.717) is 5.56 Å². The topological polar surface area (TPSA) is 75.7 Å². The lowest BCUT2D eigenvalue weighted by Gasteiger charge is -2.08. The van der Waals surface area contributed by atoms with Crippen LogP contribution in [0, 0.1) is 0 Å². The van der Waals surface area contributed by atoms with Crippen LogP contribution < -0.4 is 0 Å². The summed E-state index contributed by atoms with van der Waals surface area (Å²) in [5, 5.41) is 16.0. The summed E-state index contributed by atoms with van der Waals surface area (Å²) >= 11 is 0. The first-order valence-corrected chi connectivity index (χ1v) is 7.74. The molecule has 0 saturated heterocycles. The van der Waals surface area contributed by atoms with Crippen LogP contribution in [0.15, 0.2) is 69.0 Å². The van der Waals surface area contributed by atoms with Gasteiger partial charge in [-0.2, -0.15) is 20.5 Å². The molecule has 120 valence electrons. The predicted octanol–water partition coefficient (Wildman–Crippen LogP) is 4.32. The monoisotopic (exact) mass is 320 g/mol. The molecule has 6 nitrogen and oxygen atoms in total. The van der Waals surface area contributed by atoms with Crippen LogP contribution in [0.4, 0.5) is 0 Å². The van der Waals surface area contributed by atoms with E-state index < -0.39 is 5.66 Å². The molecule has 0 fully saturated rings. The Kier molecular flexibility index (Phi) is 3.09. The van der Waals surface area contributed by atoms with Crippen molar-refractivity contribution >= 4 is 5.97 Å². The van der Waals surface area contributed by atoms with Crippen molar-refractivity contribution in [3.8, 4) is 0 Å². The lowest BCUT2D eigenvalue weighted by molar-refractivity contribution is 0.0472. The summed E-state index contributed by atoms with van der Waals surface area (Å²) in [4.78, 5) is 12.1. The number of carbonyl (C=O) groups excluding carboxylic acids is 1. The summed E-state index contributed by atoms with van der Waals surface area (Å²) in [7, 11) is 0. The Labute approximate surface area is 139 Å². The molecule has 0 radical (unpaired) electrons. The molecule has 0 aliphatic carbocycles. The molecule has 0 unspecified atom stereocenters. The van der Waals surface area contributed by atoms with Crippen molar-refractivity contribution in [3.05, 3.63) is 70.8 Å². The van der Waals surface area contributed by atoms with Crippen LogP contribution in [0.1, 0.15) is 40.9 Å². The first-order valence-electron chi connectivity index (χ1n) is 7.74. The number of hydrogen-bond donors (Lipinski definition) is 0. The fourth-order valence-corrected chi connectivity index (χ4v) is 2.45. The molecule has 2 aliphatic rings. The van der Waals surface area contributed by atoms with Crippen LogP contribution in [-0.4, -0.2) is 5.97 Å². The van der Waals surface area contributed by atoms with Gasteiger partial charge in [0.25, 0.3) is 0 Å². The second-order valence-corrected chi connectivity index (χ2v) is 6.29. The van der Waals surface area contributed by atoms with Crippen LogP contribution in [0.3, 0.4) is 0 Å².